The van der Waals surface area contributed by atoms with Crippen molar-refractivity contribution in [2.45, 2.75) is 354 Å². The minimum absolute atomic E-state index is 0.0311. The van der Waals surface area contributed by atoms with Gasteiger partial charge in [-0.25, -0.2) is 9.13 Å². The molecule has 0 spiro atoms. The summed E-state index contributed by atoms with van der Waals surface area (Å²) in [6.45, 7) is 4.63. The third kappa shape index (κ3) is 75.7. The number of esters is 4. The van der Waals surface area contributed by atoms with Gasteiger partial charge >= 0.3 is 39.5 Å². The number of phosphoric ester groups is 2. The summed E-state index contributed by atoms with van der Waals surface area (Å²) in [5, 5.41) is 10.6. The fourth-order valence-electron chi connectivity index (χ4n) is 10.7. The molecule has 3 unspecified atom stereocenters. The van der Waals surface area contributed by atoms with Crippen LogP contribution in [0, 0.1) is 0 Å². The van der Waals surface area contributed by atoms with E-state index in [1.54, 1.807) is 0 Å². The Bertz CT molecular complexity index is 2440. The third-order valence-corrected chi connectivity index (χ3v) is 18.8. The van der Waals surface area contributed by atoms with Crippen LogP contribution < -0.4 is 0 Å². The number of rotatable bonds is 76. The first-order valence-electron chi connectivity index (χ1n) is 40.8. The number of carbonyl (C=O) groups excluding carboxylic acids is 4. The highest BCUT2D eigenvalue weighted by molar-refractivity contribution is 7.47. The van der Waals surface area contributed by atoms with Crippen molar-refractivity contribution in [1.29, 1.82) is 0 Å². The molecule has 3 N–H and O–H groups in total. The van der Waals surface area contributed by atoms with Crippen molar-refractivity contribution in [3.63, 3.8) is 0 Å². The summed E-state index contributed by atoms with van der Waals surface area (Å²) in [5.74, 6) is -2.29. The molecule has 0 saturated carbocycles. The van der Waals surface area contributed by atoms with E-state index in [1.807, 2.05) is 18.2 Å². The normalized spacial score (nSPS) is 14.5. The zero-order valence-corrected chi connectivity index (χ0v) is 67.2. The van der Waals surface area contributed by atoms with E-state index in [2.05, 4.69) is 131 Å². The molecule has 0 saturated heterocycles. The van der Waals surface area contributed by atoms with Gasteiger partial charge in [0.25, 0.3) is 0 Å². The molecule has 0 aliphatic carbocycles. The Morgan fingerprint density at radius 2 is 0.519 bits per heavy atom. The van der Waals surface area contributed by atoms with E-state index in [0.717, 1.165) is 167 Å². The van der Waals surface area contributed by atoms with Crippen LogP contribution in [0.1, 0.15) is 336 Å². The lowest BCUT2D eigenvalue weighted by atomic mass is 10.1. The Morgan fingerprint density at radius 3 is 0.865 bits per heavy atom. The summed E-state index contributed by atoms with van der Waals surface area (Å²) in [6.07, 6.45) is 84.7. The van der Waals surface area contributed by atoms with Crippen LogP contribution in [0.4, 0.5) is 0 Å². The summed E-state index contributed by atoms with van der Waals surface area (Å²) in [4.78, 5) is 73.0. The molecular weight excluding hydrogens is 1350 g/mol. The number of allylic oxidation sites excluding steroid dienone is 20. The van der Waals surface area contributed by atoms with Crippen molar-refractivity contribution in [3.8, 4) is 0 Å². The van der Waals surface area contributed by atoms with E-state index >= 15 is 0 Å². The van der Waals surface area contributed by atoms with Gasteiger partial charge in [-0.15, -0.1) is 0 Å². The first-order valence-corrected chi connectivity index (χ1v) is 43.8. The molecule has 0 aromatic carbocycles. The van der Waals surface area contributed by atoms with E-state index in [9.17, 15) is 43.2 Å². The van der Waals surface area contributed by atoms with Crippen molar-refractivity contribution in [2.24, 2.45) is 0 Å². The highest BCUT2D eigenvalue weighted by Gasteiger charge is 2.30. The summed E-state index contributed by atoms with van der Waals surface area (Å²) in [5.41, 5.74) is 0. The van der Waals surface area contributed by atoms with Crippen molar-refractivity contribution in [2.75, 3.05) is 39.6 Å². The van der Waals surface area contributed by atoms with Crippen LogP contribution in [0.2, 0.25) is 0 Å². The molecule has 0 amide bonds. The largest absolute Gasteiger partial charge is 0.472 e. The zero-order chi connectivity index (χ0) is 76.0. The molecule has 0 rings (SSSR count). The van der Waals surface area contributed by atoms with Gasteiger partial charge < -0.3 is 33.8 Å². The summed E-state index contributed by atoms with van der Waals surface area (Å²) in [6, 6.07) is 0. The second-order valence-electron chi connectivity index (χ2n) is 27.0. The highest BCUT2D eigenvalue weighted by atomic mass is 31.2. The maximum atomic E-state index is 13.1. The number of unbranched alkanes of at least 4 members (excludes halogenated alkanes) is 30. The SMILES string of the molecule is CCC=CCC=CCC=CCC=CCC=CCC=CCCC(=O)OC[C@H](COP(=O)(O)OCC(O)COP(=O)(O)OC[C@@H](COC(=O)CCCCCCCC=CCCCCCCCC)OC(=O)CCCCCCCCCC=CCCCCCC)OC(=O)CCCCCCCC=CCC=CCCCCC. The van der Waals surface area contributed by atoms with E-state index in [0.29, 0.717) is 32.1 Å². The number of aliphatic hydroxyl groups excluding tert-OH is 1. The minimum Gasteiger partial charge on any atom is -0.462 e. The first kappa shape index (κ1) is 99.5. The standard InChI is InChI=1S/C85H146O17P2/c1-5-9-13-17-21-25-29-33-37-38-39-40-44-46-50-54-58-62-66-70-83(88)96-76-81(102-85(90)72-68-64-60-56-52-48-43-36-32-28-24-20-16-12-8-4)78-100-104(93,94)98-74-79(86)73-97-103(91,92)99-77-80(101-84(89)71-67-63-59-55-51-47-42-35-31-27-23-19-15-11-7-3)75-95-82(87)69-65-61-57-53-49-45-41-34-30-26-22-18-14-10-6-2/h9,13,21,24-25,27-28,31,33-34,36-37,39-41,43,46,50,58,62,79-81,86H,5-8,10-12,14-20,22-23,26,29-30,32,35,38,42,44-45,47-49,51-57,59-61,63-78H2,1-4H3,(H,91,92)(H,93,94)/t79?,80-,81-/m1/s1. The van der Waals surface area contributed by atoms with Gasteiger partial charge in [0.2, 0.25) is 0 Å². The zero-order valence-electron chi connectivity index (χ0n) is 65.4. The van der Waals surface area contributed by atoms with Gasteiger partial charge in [0.15, 0.2) is 12.2 Å². The second-order valence-corrected chi connectivity index (χ2v) is 29.9. The van der Waals surface area contributed by atoms with Crippen molar-refractivity contribution in [1.82, 2.24) is 0 Å². The van der Waals surface area contributed by atoms with Crippen molar-refractivity contribution >= 4 is 39.5 Å². The molecule has 0 radical (unpaired) electrons. The van der Waals surface area contributed by atoms with Gasteiger partial charge in [0.1, 0.15) is 19.3 Å². The molecule has 104 heavy (non-hydrogen) atoms. The average Bonchev–Trinajstić information content (AvgIpc) is 0.918. The number of hydrogen-bond acceptors (Lipinski definition) is 15. The summed E-state index contributed by atoms with van der Waals surface area (Å²) >= 11 is 0. The topological polar surface area (TPSA) is 237 Å². The molecule has 0 aliphatic heterocycles. The first-order chi connectivity index (χ1) is 50.7. The minimum atomic E-state index is -5.00. The van der Waals surface area contributed by atoms with E-state index in [-0.39, 0.29) is 25.7 Å². The van der Waals surface area contributed by atoms with Crippen LogP contribution in [-0.2, 0) is 65.4 Å². The van der Waals surface area contributed by atoms with Gasteiger partial charge in [-0.1, -0.05) is 284 Å². The molecule has 17 nitrogen and oxygen atoms in total. The number of ether oxygens (including phenoxy) is 4. The molecule has 598 valence electrons. The van der Waals surface area contributed by atoms with Gasteiger partial charge in [-0.3, -0.25) is 37.3 Å². The molecule has 0 fully saturated rings. The van der Waals surface area contributed by atoms with Crippen LogP contribution in [0.15, 0.2) is 122 Å². The Morgan fingerprint density at radius 1 is 0.279 bits per heavy atom. The number of phosphoric acid groups is 2. The van der Waals surface area contributed by atoms with E-state index in [4.69, 9.17) is 37.0 Å². The van der Waals surface area contributed by atoms with Crippen LogP contribution in [0.3, 0.4) is 0 Å². The lowest BCUT2D eigenvalue weighted by Gasteiger charge is -2.21. The van der Waals surface area contributed by atoms with Crippen LogP contribution in [0.5, 0.6) is 0 Å². The maximum Gasteiger partial charge on any atom is 0.472 e. The van der Waals surface area contributed by atoms with Crippen molar-refractivity contribution in [3.05, 3.63) is 122 Å². The van der Waals surface area contributed by atoms with Gasteiger partial charge in [0.05, 0.1) is 26.4 Å². The predicted octanol–water partition coefficient (Wildman–Crippen LogP) is 23.9. The van der Waals surface area contributed by atoms with E-state index < -0.39 is 97.5 Å². The highest BCUT2D eigenvalue weighted by Crippen LogP contribution is 2.45. The Balaban J connectivity index is 5.44. The third-order valence-electron chi connectivity index (χ3n) is 16.9. The Kier molecular flexibility index (Phi) is 73.3. The Hall–Kier alpha value is -4.54. The Labute approximate surface area is 632 Å². The fraction of sp³-hybridized carbons (Fsp3) is 0.718. The molecule has 19 heteroatoms. The number of carbonyl (C=O) groups is 4. The predicted molar refractivity (Wildman–Crippen MR) is 427 cm³/mol. The molecule has 0 aromatic rings. The van der Waals surface area contributed by atoms with Gasteiger partial charge in [0, 0.05) is 25.7 Å². The lowest BCUT2D eigenvalue weighted by molar-refractivity contribution is -0.161. The molecule has 0 aliphatic rings. The van der Waals surface area contributed by atoms with Crippen LogP contribution in [-0.4, -0.2) is 96.7 Å². The molecule has 0 bridgehead atoms. The van der Waals surface area contributed by atoms with Crippen LogP contribution in [0.25, 0.3) is 0 Å². The summed E-state index contributed by atoms with van der Waals surface area (Å²) in [7, 11) is -9.99. The molecule has 5 atom stereocenters. The number of hydrogen-bond donors (Lipinski definition) is 3. The second kappa shape index (κ2) is 76.6. The van der Waals surface area contributed by atoms with E-state index in [1.165, 1.54) is 83.5 Å². The maximum absolute atomic E-state index is 13.1. The fourth-order valence-corrected chi connectivity index (χ4v) is 12.3. The molecule has 0 heterocycles. The number of aliphatic hydroxyl groups is 1. The van der Waals surface area contributed by atoms with Gasteiger partial charge in [-0.2, -0.15) is 0 Å². The van der Waals surface area contributed by atoms with Crippen molar-refractivity contribution < 1.29 is 80.2 Å². The quantitative estimate of drug-likeness (QED) is 0.0169. The smallest absolute Gasteiger partial charge is 0.462 e. The molecular formula is C85H146O17P2. The molecule has 0 aromatic heterocycles. The lowest BCUT2D eigenvalue weighted by Crippen LogP contribution is -2.30. The summed E-state index contributed by atoms with van der Waals surface area (Å²) < 4.78 is 68.6. The monoisotopic (exact) mass is 1500 g/mol. The van der Waals surface area contributed by atoms with Gasteiger partial charge in [-0.05, 0) is 148 Å². The van der Waals surface area contributed by atoms with Crippen LogP contribution >= 0.6 is 15.6 Å². The average molecular weight is 1500 g/mol.